The molecule has 1 atom stereocenters. The van der Waals surface area contributed by atoms with Gasteiger partial charge in [0.1, 0.15) is 0 Å². The first-order valence-electron chi connectivity index (χ1n) is 6.54. The zero-order chi connectivity index (χ0) is 11.6. The summed E-state index contributed by atoms with van der Waals surface area (Å²) in [7, 11) is 2.22. The van der Waals surface area contributed by atoms with E-state index < -0.39 is 0 Å². The quantitative estimate of drug-likeness (QED) is 0.714. The zero-order valence-electron chi connectivity index (χ0n) is 10.8. The smallest absolute Gasteiger partial charge is 0.0591 e. The Balaban J connectivity index is 0.000000181. The Kier molecular flexibility index (Phi) is 7.76. The lowest BCUT2D eigenvalue weighted by atomic mass is 10.1. The fourth-order valence-corrected chi connectivity index (χ4v) is 2.03. The van der Waals surface area contributed by atoms with Crippen molar-refractivity contribution in [1.29, 1.82) is 0 Å². The first-order chi connectivity index (χ1) is 7.84. The second-order valence-corrected chi connectivity index (χ2v) is 4.49. The number of nitrogens with zero attached hydrogens (tertiary/aromatic N) is 1. The van der Waals surface area contributed by atoms with E-state index in [1.54, 1.807) is 0 Å². The summed E-state index contributed by atoms with van der Waals surface area (Å²) in [5.74, 6) is 0. The highest BCUT2D eigenvalue weighted by molar-refractivity contribution is 4.76. The minimum atomic E-state index is 0.791. The van der Waals surface area contributed by atoms with Crippen LogP contribution in [0.5, 0.6) is 0 Å². The van der Waals surface area contributed by atoms with Gasteiger partial charge >= 0.3 is 0 Å². The van der Waals surface area contributed by atoms with Crippen molar-refractivity contribution < 1.29 is 4.74 Å². The average molecular weight is 229 g/mol. The molecule has 0 bridgehead atoms. The Morgan fingerprint density at radius 1 is 1.19 bits per heavy atom. The van der Waals surface area contributed by atoms with Crippen molar-refractivity contribution in [2.75, 3.05) is 53.0 Å². The number of nitrogens with one attached hydrogen (secondary N) is 2. The van der Waals surface area contributed by atoms with E-state index in [0.29, 0.717) is 0 Å². The third-order valence-corrected chi connectivity index (χ3v) is 3.11. The van der Waals surface area contributed by atoms with E-state index in [-0.39, 0.29) is 0 Å². The van der Waals surface area contributed by atoms with Crippen molar-refractivity contribution in [3.05, 3.63) is 0 Å². The molecule has 4 heteroatoms. The van der Waals surface area contributed by atoms with E-state index in [1.807, 2.05) is 0 Å². The number of hydrogen-bond acceptors (Lipinski definition) is 4. The molecule has 0 radical (unpaired) electrons. The highest BCUT2D eigenvalue weighted by Crippen LogP contribution is 2.05. The molecule has 0 aliphatic carbocycles. The molecule has 2 saturated heterocycles. The van der Waals surface area contributed by atoms with Crippen LogP contribution in [0.2, 0.25) is 0 Å². The Morgan fingerprint density at radius 3 is 2.38 bits per heavy atom. The van der Waals surface area contributed by atoms with E-state index in [4.69, 9.17) is 4.74 Å². The number of ether oxygens (including phenoxy) is 1. The largest absolute Gasteiger partial charge is 0.379 e. The fourth-order valence-electron chi connectivity index (χ4n) is 2.03. The summed E-state index contributed by atoms with van der Waals surface area (Å²) in [5, 5.41) is 6.57. The van der Waals surface area contributed by atoms with E-state index in [0.717, 1.165) is 38.9 Å². The number of hydrogen-bond donors (Lipinski definition) is 2. The second-order valence-electron chi connectivity index (χ2n) is 4.49. The van der Waals surface area contributed by atoms with Crippen LogP contribution in [0.25, 0.3) is 0 Å². The van der Waals surface area contributed by atoms with Gasteiger partial charge in [-0.15, -0.1) is 0 Å². The van der Waals surface area contributed by atoms with Crippen LogP contribution in [0.15, 0.2) is 0 Å². The molecule has 0 spiro atoms. The van der Waals surface area contributed by atoms with E-state index >= 15 is 0 Å². The van der Waals surface area contributed by atoms with Crippen LogP contribution >= 0.6 is 0 Å². The fraction of sp³-hybridized carbons (Fsp3) is 1.00. The van der Waals surface area contributed by atoms with Gasteiger partial charge in [0.05, 0.1) is 13.2 Å². The van der Waals surface area contributed by atoms with Gasteiger partial charge in [0.2, 0.25) is 0 Å². The van der Waals surface area contributed by atoms with Gasteiger partial charge in [0.25, 0.3) is 0 Å². The molecule has 0 aromatic rings. The lowest BCUT2D eigenvalue weighted by Crippen LogP contribution is -2.49. The van der Waals surface area contributed by atoms with E-state index in [2.05, 4.69) is 29.5 Å². The highest BCUT2D eigenvalue weighted by Gasteiger charge is 2.16. The van der Waals surface area contributed by atoms with Crippen LogP contribution in [-0.4, -0.2) is 63.9 Å². The minimum absolute atomic E-state index is 0.791. The first-order valence-corrected chi connectivity index (χ1v) is 6.54. The third-order valence-electron chi connectivity index (χ3n) is 3.11. The number of morpholine rings is 1. The number of piperazine rings is 1. The van der Waals surface area contributed by atoms with Crippen LogP contribution in [0.4, 0.5) is 0 Å². The lowest BCUT2D eigenvalue weighted by molar-refractivity contribution is 0.109. The monoisotopic (exact) mass is 229 g/mol. The Morgan fingerprint density at radius 2 is 1.94 bits per heavy atom. The Hall–Kier alpha value is -0.160. The lowest BCUT2D eigenvalue weighted by Gasteiger charge is -2.32. The topological polar surface area (TPSA) is 36.5 Å². The predicted molar refractivity (Wildman–Crippen MR) is 67.9 cm³/mol. The van der Waals surface area contributed by atoms with Crippen molar-refractivity contribution in [3.8, 4) is 0 Å². The van der Waals surface area contributed by atoms with Crippen LogP contribution in [0.3, 0.4) is 0 Å². The first kappa shape index (κ1) is 13.9. The molecule has 2 aliphatic rings. The van der Waals surface area contributed by atoms with Gasteiger partial charge in [-0.25, -0.2) is 0 Å². The molecular weight excluding hydrogens is 202 g/mol. The average Bonchev–Trinajstić information content (AvgIpc) is 2.35. The standard InChI is InChI=1S/C8H18N2.C4H9NO/c1-3-4-8-7-9-5-6-10(8)2;1-3-6-4-2-5-1/h8-9H,3-7H2,1-2H3;5H,1-4H2. The minimum Gasteiger partial charge on any atom is -0.379 e. The summed E-state index contributed by atoms with van der Waals surface area (Å²) in [4.78, 5) is 2.46. The molecule has 96 valence electrons. The van der Waals surface area contributed by atoms with Gasteiger partial charge in [-0.2, -0.15) is 0 Å². The van der Waals surface area contributed by atoms with Gasteiger partial charge in [-0.1, -0.05) is 13.3 Å². The normalized spacial score (nSPS) is 27.0. The van der Waals surface area contributed by atoms with E-state index in [1.165, 1.54) is 25.9 Å². The Bertz CT molecular complexity index is 149. The second kappa shape index (κ2) is 8.93. The Labute approximate surface area is 99.7 Å². The maximum absolute atomic E-state index is 5.01. The zero-order valence-corrected chi connectivity index (χ0v) is 10.8. The molecule has 2 heterocycles. The molecule has 2 rings (SSSR count). The maximum Gasteiger partial charge on any atom is 0.0591 e. The molecule has 2 N–H and O–H groups in total. The summed E-state index contributed by atoms with van der Waals surface area (Å²) in [5.41, 5.74) is 0. The third kappa shape index (κ3) is 5.80. The van der Waals surface area contributed by atoms with Crippen molar-refractivity contribution in [2.24, 2.45) is 0 Å². The predicted octanol–water partition coefficient (Wildman–Crippen LogP) is 0.296. The molecule has 0 amide bonds. The van der Waals surface area contributed by atoms with Crippen LogP contribution in [0, 0.1) is 0 Å². The van der Waals surface area contributed by atoms with Crippen molar-refractivity contribution in [3.63, 3.8) is 0 Å². The number of rotatable bonds is 2. The van der Waals surface area contributed by atoms with Crippen molar-refractivity contribution in [2.45, 2.75) is 25.8 Å². The van der Waals surface area contributed by atoms with Crippen LogP contribution < -0.4 is 10.6 Å². The summed E-state index contributed by atoms with van der Waals surface area (Å²) in [6, 6.07) is 0.791. The molecular formula is C12H27N3O. The molecule has 16 heavy (non-hydrogen) atoms. The highest BCUT2D eigenvalue weighted by atomic mass is 16.5. The molecule has 1 unspecified atom stereocenters. The summed E-state index contributed by atoms with van der Waals surface area (Å²) in [6.45, 7) is 9.65. The summed E-state index contributed by atoms with van der Waals surface area (Å²) >= 11 is 0. The molecule has 2 fully saturated rings. The molecule has 4 nitrogen and oxygen atoms in total. The van der Waals surface area contributed by atoms with E-state index in [9.17, 15) is 0 Å². The molecule has 0 saturated carbocycles. The van der Waals surface area contributed by atoms with Gasteiger partial charge < -0.3 is 20.3 Å². The van der Waals surface area contributed by atoms with Gasteiger partial charge in [-0.3, -0.25) is 0 Å². The molecule has 2 aliphatic heterocycles. The van der Waals surface area contributed by atoms with Crippen LogP contribution in [-0.2, 0) is 4.74 Å². The van der Waals surface area contributed by atoms with Crippen LogP contribution in [0.1, 0.15) is 19.8 Å². The van der Waals surface area contributed by atoms with Crippen molar-refractivity contribution >= 4 is 0 Å². The molecule has 0 aromatic carbocycles. The summed E-state index contributed by atoms with van der Waals surface area (Å²) < 4.78 is 5.01. The SMILES string of the molecule is C1COCCN1.CCCC1CNCCN1C. The summed E-state index contributed by atoms with van der Waals surface area (Å²) in [6.07, 6.45) is 2.64. The van der Waals surface area contributed by atoms with Crippen molar-refractivity contribution in [1.82, 2.24) is 15.5 Å². The molecule has 0 aromatic heterocycles. The van der Waals surface area contributed by atoms with Gasteiger partial charge in [0.15, 0.2) is 0 Å². The number of likely N-dealkylation sites (N-methyl/N-ethyl adjacent to an activating group) is 1. The maximum atomic E-state index is 5.01. The van der Waals surface area contributed by atoms with Gasteiger partial charge in [0, 0.05) is 38.8 Å². The van der Waals surface area contributed by atoms with Gasteiger partial charge in [-0.05, 0) is 13.5 Å².